The van der Waals surface area contributed by atoms with Crippen molar-refractivity contribution >= 4 is 5.97 Å². The largest absolute Gasteiger partial charge is 0.494 e. The Morgan fingerprint density at radius 1 is 1.00 bits per heavy atom. The van der Waals surface area contributed by atoms with Gasteiger partial charge in [0.2, 0.25) is 0 Å². The molecule has 0 heterocycles. The van der Waals surface area contributed by atoms with Crippen LogP contribution >= 0.6 is 0 Å². The zero-order valence-electron chi connectivity index (χ0n) is 8.97. The highest BCUT2D eigenvalue weighted by molar-refractivity contribution is 5.89. The van der Waals surface area contributed by atoms with Gasteiger partial charge >= 0.3 is 5.97 Å². The van der Waals surface area contributed by atoms with E-state index < -0.39 is 5.97 Å². The van der Waals surface area contributed by atoms with Crippen LogP contribution < -0.4 is 0 Å². The molecule has 0 fully saturated rings. The lowest BCUT2D eigenvalue weighted by Crippen LogP contribution is -2.03. The summed E-state index contributed by atoms with van der Waals surface area (Å²) in [5.41, 5.74) is 1.11. The number of benzene rings is 2. The van der Waals surface area contributed by atoms with Gasteiger partial charge in [-0.3, -0.25) is 0 Å². The molecule has 0 N–H and O–H groups in total. The van der Waals surface area contributed by atoms with Crippen LogP contribution in [0.4, 0.5) is 4.39 Å². The standard InChI is InChI=1S/C14H10FO2/c15-13-8-6-11(7-9-13)10-17-14(16)12-4-2-1-3-5-12/h1-10H/q-1. The minimum absolute atomic E-state index is 0.323. The lowest BCUT2D eigenvalue weighted by molar-refractivity contribution is 0.0621. The van der Waals surface area contributed by atoms with Gasteiger partial charge in [-0.25, -0.2) is 9.18 Å². The first-order chi connectivity index (χ1) is 8.25. The summed E-state index contributed by atoms with van der Waals surface area (Å²) >= 11 is 0. The van der Waals surface area contributed by atoms with Crippen molar-refractivity contribution in [1.82, 2.24) is 0 Å². The molecule has 0 amide bonds. The highest BCUT2D eigenvalue weighted by Gasteiger charge is 2.03. The minimum atomic E-state index is -0.435. The molecular formula is C14H10FO2-. The fourth-order valence-electron chi connectivity index (χ4n) is 1.31. The van der Waals surface area contributed by atoms with Crippen molar-refractivity contribution in [3.63, 3.8) is 0 Å². The van der Waals surface area contributed by atoms with E-state index in [1.54, 1.807) is 24.3 Å². The maximum Gasteiger partial charge on any atom is 0.331 e. The monoisotopic (exact) mass is 229 g/mol. The van der Waals surface area contributed by atoms with Gasteiger partial charge in [0, 0.05) is 0 Å². The van der Waals surface area contributed by atoms with E-state index in [2.05, 4.69) is 0 Å². The predicted molar refractivity (Wildman–Crippen MR) is 61.7 cm³/mol. The molecular weight excluding hydrogens is 219 g/mol. The van der Waals surface area contributed by atoms with Crippen LogP contribution in [0.25, 0.3) is 0 Å². The summed E-state index contributed by atoms with van der Waals surface area (Å²) in [5, 5.41) is 0. The Morgan fingerprint density at radius 3 is 2.29 bits per heavy atom. The molecule has 0 aliphatic carbocycles. The van der Waals surface area contributed by atoms with E-state index in [-0.39, 0.29) is 5.82 Å². The van der Waals surface area contributed by atoms with E-state index in [1.807, 2.05) is 6.07 Å². The molecule has 86 valence electrons. The van der Waals surface area contributed by atoms with Crippen LogP contribution in [0.1, 0.15) is 15.9 Å². The van der Waals surface area contributed by atoms with E-state index in [1.165, 1.54) is 30.9 Å². The lowest BCUT2D eigenvalue weighted by atomic mass is 10.2. The normalized spacial score (nSPS) is 9.71. The summed E-state index contributed by atoms with van der Waals surface area (Å²) < 4.78 is 17.6. The third kappa shape index (κ3) is 3.08. The average molecular weight is 229 g/mol. The van der Waals surface area contributed by atoms with Gasteiger partial charge in [0.1, 0.15) is 0 Å². The lowest BCUT2D eigenvalue weighted by Gasteiger charge is -2.11. The fourth-order valence-corrected chi connectivity index (χ4v) is 1.31. The summed E-state index contributed by atoms with van der Waals surface area (Å²) in [7, 11) is 0. The molecule has 2 aromatic carbocycles. The van der Waals surface area contributed by atoms with Gasteiger partial charge < -0.3 is 4.74 Å². The van der Waals surface area contributed by atoms with E-state index in [0.717, 1.165) is 0 Å². The summed E-state index contributed by atoms with van der Waals surface area (Å²) in [6.07, 6.45) is 0. The van der Waals surface area contributed by atoms with E-state index in [0.29, 0.717) is 11.1 Å². The summed E-state index contributed by atoms with van der Waals surface area (Å²) in [6.45, 7) is 1.30. The molecule has 0 saturated heterocycles. The number of hydrogen-bond acceptors (Lipinski definition) is 2. The molecule has 0 saturated carbocycles. The molecule has 0 spiro atoms. The molecule has 2 aromatic rings. The average Bonchev–Trinajstić information content (AvgIpc) is 2.39. The summed E-state index contributed by atoms with van der Waals surface area (Å²) in [6, 6.07) is 14.4. The van der Waals surface area contributed by atoms with Crippen LogP contribution in [0.5, 0.6) is 0 Å². The number of carbonyl (C=O) groups is 1. The number of esters is 1. The van der Waals surface area contributed by atoms with Crippen LogP contribution in [-0.4, -0.2) is 5.97 Å². The Bertz CT molecular complexity index is 491. The first-order valence-corrected chi connectivity index (χ1v) is 5.10. The molecule has 0 aliphatic rings. The Hall–Kier alpha value is -2.29. The van der Waals surface area contributed by atoms with E-state index >= 15 is 0 Å². The van der Waals surface area contributed by atoms with Crippen molar-refractivity contribution in [2.24, 2.45) is 0 Å². The molecule has 0 aliphatic heterocycles. The van der Waals surface area contributed by atoms with Crippen LogP contribution in [0.2, 0.25) is 0 Å². The molecule has 17 heavy (non-hydrogen) atoms. The first kappa shape index (κ1) is 11.2. The van der Waals surface area contributed by atoms with Gasteiger partial charge in [-0.1, -0.05) is 30.3 Å². The molecule has 3 heteroatoms. The highest BCUT2D eigenvalue weighted by atomic mass is 19.1. The van der Waals surface area contributed by atoms with Gasteiger partial charge in [0.05, 0.1) is 11.4 Å². The van der Waals surface area contributed by atoms with E-state index in [9.17, 15) is 9.18 Å². The maximum atomic E-state index is 12.6. The highest BCUT2D eigenvalue weighted by Crippen LogP contribution is 2.08. The smallest absolute Gasteiger partial charge is 0.331 e. The zero-order valence-corrected chi connectivity index (χ0v) is 8.97. The second-order valence-electron chi connectivity index (χ2n) is 3.44. The fraction of sp³-hybridized carbons (Fsp3) is 0. The van der Waals surface area contributed by atoms with Crippen molar-refractivity contribution < 1.29 is 13.9 Å². The summed E-state index contributed by atoms with van der Waals surface area (Å²) in [4.78, 5) is 11.6. The SMILES string of the molecule is O=C(O[CH-]c1ccc(F)cc1)c1ccccc1. The number of rotatable bonds is 3. The van der Waals surface area contributed by atoms with Gasteiger partial charge in [0.15, 0.2) is 0 Å². The van der Waals surface area contributed by atoms with Crippen molar-refractivity contribution in [3.8, 4) is 0 Å². The minimum Gasteiger partial charge on any atom is -0.494 e. The molecule has 0 aromatic heterocycles. The van der Waals surface area contributed by atoms with E-state index in [4.69, 9.17) is 4.74 Å². The topological polar surface area (TPSA) is 26.3 Å². The van der Waals surface area contributed by atoms with Gasteiger partial charge in [-0.15, -0.1) is 0 Å². The van der Waals surface area contributed by atoms with Crippen LogP contribution in [-0.2, 0) is 4.74 Å². The number of hydrogen-bond donors (Lipinski definition) is 0. The van der Waals surface area contributed by atoms with Gasteiger partial charge in [-0.05, 0) is 18.7 Å². The molecule has 2 nitrogen and oxygen atoms in total. The molecule has 0 atom stereocenters. The van der Waals surface area contributed by atoms with Crippen LogP contribution in [0, 0.1) is 12.4 Å². The molecule has 0 bridgehead atoms. The zero-order chi connectivity index (χ0) is 12.1. The van der Waals surface area contributed by atoms with Crippen molar-refractivity contribution in [3.05, 3.63) is 78.1 Å². The van der Waals surface area contributed by atoms with Gasteiger partial charge in [0.25, 0.3) is 0 Å². The number of halogens is 1. The first-order valence-electron chi connectivity index (χ1n) is 5.10. The summed E-state index contributed by atoms with van der Waals surface area (Å²) in [5.74, 6) is -0.758. The number of carbonyl (C=O) groups excluding carboxylic acids is 1. The Labute approximate surface area is 98.7 Å². The van der Waals surface area contributed by atoms with Crippen LogP contribution in [0.3, 0.4) is 0 Å². The molecule has 0 radical (unpaired) electrons. The van der Waals surface area contributed by atoms with Crippen molar-refractivity contribution in [2.75, 3.05) is 0 Å². The molecule has 2 rings (SSSR count). The quantitative estimate of drug-likeness (QED) is 0.596. The van der Waals surface area contributed by atoms with Gasteiger partial charge in [-0.2, -0.15) is 17.7 Å². The Kier molecular flexibility index (Phi) is 3.40. The van der Waals surface area contributed by atoms with Crippen molar-refractivity contribution in [2.45, 2.75) is 0 Å². The third-order valence-electron chi connectivity index (χ3n) is 2.18. The Balaban J connectivity index is 1.95. The maximum absolute atomic E-state index is 12.6. The van der Waals surface area contributed by atoms with Crippen molar-refractivity contribution in [1.29, 1.82) is 0 Å². The van der Waals surface area contributed by atoms with Crippen LogP contribution in [0.15, 0.2) is 54.6 Å². The second kappa shape index (κ2) is 5.16. The number of ether oxygens (including phenoxy) is 1. The molecule has 0 unspecified atom stereocenters. The Morgan fingerprint density at radius 2 is 1.65 bits per heavy atom. The second-order valence-corrected chi connectivity index (χ2v) is 3.44. The third-order valence-corrected chi connectivity index (χ3v) is 2.18. The predicted octanol–water partition coefficient (Wildman–Crippen LogP) is 3.19.